The second-order valence-electron chi connectivity index (χ2n) is 4.99. The quantitative estimate of drug-likeness (QED) is 0.254. The van der Waals surface area contributed by atoms with Gasteiger partial charge >= 0.3 is 5.97 Å². The standard InChI is InChI=1S/C13H24N4O5S/c1-3-7(2)11(13(21)22)17-12(20)8(6-23)16-10(19)5-15-9(18)4-14/h7-8,11,23H,3-6,14H2,1-2H3,(H,15,18)(H,16,19)(H,17,20)(H,21,22). The van der Waals surface area contributed by atoms with E-state index in [1.165, 1.54) is 0 Å². The van der Waals surface area contributed by atoms with Gasteiger partial charge in [-0.15, -0.1) is 0 Å². The van der Waals surface area contributed by atoms with Gasteiger partial charge in [0.25, 0.3) is 0 Å². The predicted molar refractivity (Wildman–Crippen MR) is 86.9 cm³/mol. The van der Waals surface area contributed by atoms with Crippen LogP contribution in [-0.4, -0.2) is 59.7 Å². The molecule has 0 aromatic heterocycles. The van der Waals surface area contributed by atoms with E-state index in [0.717, 1.165) is 0 Å². The van der Waals surface area contributed by atoms with E-state index in [-0.39, 0.29) is 24.8 Å². The van der Waals surface area contributed by atoms with Crippen molar-refractivity contribution in [2.24, 2.45) is 11.7 Å². The summed E-state index contributed by atoms with van der Waals surface area (Å²) in [5.41, 5.74) is 5.08. The Morgan fingerprint density at radius 2 is 1.78 bits per heavy atom. The van der Waals surface area contributed by atoms with Crippen LogP contribution in [0.2, 0.25) is 0 Å². The first-order valence-corrected chi connectivity index (χ1v) is 7.80. The lowest BCUT2D eigenvalue weighted by Crippen LogP contribution is -2.55. The van der Waals surface area contributed by atoms with E-state index in [0.29, 0.717) is 6.42 Å². The molecule has 0 bridgehead atoms. The zero-order valence-electron chi connectivity index (χ0n) is 13.2. The minimum absolute atomic E-state index is 0.0186. The molecular weight excluding hydrogens is 324 g/mol. The van der Waals surface area contributed by atoms with E-state index in [4.69, 9.17) is 10.8 Å². The first-order valence-electron chi connectivity index (χ1n) is 7.16. The van der Waals surface area contributed by atoms with E-state index >= 15 is 0 Å². The van der Waals surface area contributed by atoms with E-state index in [1.807, 2.05) is 6.92 Å². The van der Waals surface area contributed by atoms with Crippen molar-refractivity contribution in [2.45, 2.75) is 32.4 Å². The molecule has 6 N–H and O–H groups in total. The van der Waals surface area contributed by atoms with Crippen LogP contribution >= 0.6 is 12.6 Å². The third-order valence-corrected chi connectivity index (χ3v) is 3.61. The smallest absolute Gasteiger partial charge is 0.326 e. The van der Waals surface area contributed by atoms with Gasteiger partial charge in [-0.1, -0.05) is 20.3 Å². The Balaban J connectivity index is 4.64. The molecule has 0 saturated carbocycles. The van der Waals surface area contributed by atoms with Crippen LogP contribution < -0.4 is 21.7 Å². The van der Waals surface area contributed by atoms with E-state index in [9.17, 15) is 19.2 Å². The molecule has 0 saturated heterocycles. The Morgan fingerprint density at radius 1 is 1.17 bits per heavy atom. The van der Waals surface area contributed by atoms with E-state index < -0.39 is 35.8 Å². The van der Waals surface area contributed by atoms with Gasteiger partial charge in [0.05, 0.1) is 13.1 Å². The molecule has 3 unspecified atom stereocenters. The molecule has 0 aromatic rings. The number of carbonyl (C=O) groups is 4. The lowest BCUT2D eigenvalue weighted by molar-refractivity contribution is -0.143. The number of aliphatic carboxylic acids is 1. The fourth-order valence-electron chi connectivity index (χ4n) is 1.63. The highest BCUT2D eigenvalue weighted by Gasteiger charge is 2.28. The maximum absolute atomic E-state index is 12.1. The Labute approximate surface area is 140 Å². The van der Waals surface area contributed by atoms with Gasteiger partial charge in [-0.05, 0) is 5.92 Å². The largest absolute Gasteiger partial charge is 0.480 e. The summed E-state index contributed by atoms with van der Waals surface area (Å²) in [6.45, 7) is 2.93. The molecule has 3 atom stereocenters. The van der Waals surface area contributed by atoms with Crippen LogP contribution in [0.5, 0.6) is 0 Å². The van der Waals surface area contributed by atoms with Gasteiger partial charge in [0, 0.05) is 5.75 Å². The van der Waals surface area contributed by atoms with Gasteiger partial charge in [-0.2, -0.15) is 12.6 Å². The molecule has 0 spiro atoms. The van der Waals surface area contributed by atoms with Crippen LogP contribution in [0.3, 0.4) is 0 Å². The minimum Gasteiger partial charge on any atom is -0.480 e. The summed E-state index contributed by atoms with van der Waals surface area (Å²) in [6.07, 6.45) is 0.570. The van der Waals surface area contributed by atoms with Crippen molar-refractivity contribution in [3.63, 3.8) is 0 Å². The predicted octanol–water partition coefficient (Wildman–Crippen LogP) is -1.91. The molecule has 132 valence electrons. The van der Waals surface area contributed by atoms with Crippen molar-refractivity contribution in [2.75, 3.05) is 18.8 Å². The van der Waals surface area contributed by atoms with Crippen molar-refractivity contribution in [3.05, 3.63) is 0 Å². The van der Waals surface area contributed by atoms with Crippen molar-refractivity contribution in [1.82, 2.24) is 16.0 Å². The molecule has 0 rings (SSSR count). The molecule has 0 heterocycles. The molecule has 0 aliphatic rings. The van der Waals surface area contributed by atoms with E-state index in [2.05, 4.69) is 28.6 Å². The summed E-state index contributed by atoms with van der Waals surface area (Å²) < 4.78 is 0. The summed E-state index contributed by atoms with van der Waals surface area (Å²) >= 11 is 3.98. The normalized spacial score (nSPS) is 14.3. The van der Waals surface area contributed by atoms with Crippen LogP contribution in [0.15, 0.2) is 0 Å². The Kier molecular flexibility index (Phi) is 9.99. The highest BCUT2D eigenvalue weighted by atomic mass is 32.1. The fraction of sp³-hybridized carbons (Fsp3) is 0.692. The highest BCUT2D eigenvalue weighted by Crippen LogP contribution is 2.08. The molecule has 0 radical (unpaired) electrons. The third kappa shape index (κ3) is 7.84. The fourth-order valence-corrected chi connectivity index (χ4v) is 1.88. The lowest BCUT2D eigenvalue weighted by Gasteiger charge is -2.23. The summed E-state index contributed by atoms with van der Waals surface area (Å²) in [7, 11) is 0. The molecule has 0 aliphatic heterocycles. The number of carbonyl (C=O) groups excluding carboxylic acids is 3. The maximum Gasteiger partial charge on any atom is 0.326 e. The first kappa shape index (κ1) is 21.2. The summed E-state index contributed by atoms with van der Waals surface area (Å²) in [5.74, 6) is -3.18. The maximum atomic E-state index is 12.1. The first-order chi connectivity index (χ1) is 10.8. The lowest BCUT2D eigenvalue weighted by atomic mass is 9.99. The van der Waals surface area contributed by atoms with Crippen molar-refractivity contribution in [1.29, 1.82) is 0 Å². The molecule has 3 amide bonds. The number of hydrogen-bond acceptors (Lipinski definition) is 6. The van der Waals surface area contributed by atoms with Crippen LogP contribution in [0, 0.1) is 5.92 Å². The van der Waals surface area contributed by atoms with Gasteiger partial charge in [0.1, 0.15) is 12.1 Å². The van der Waals surface area contributed by atoms with Crippen molar-refractivity contribution < 1.29 is 24.3 Å². The number of nitrogens with two attached hydrogens (primary N) is 1. The van der Waals surface area contributed by atoms with Crippen LogP contribution in [0.25, 0.3) is 0 Å². The van der Waals surface area contributed by atoms with Gasteiger partial charge in [-0.3, -0.25) is 14.4 Å². The second-order valence-corrected chi connectivity index (χ2v) is 5.36. The number of hydrogen-bond donors (Lipinski definition) is 6. The molecular formula is C13H24N4O5S. The monoisotopic (exact) mass is 348 g/mol. The van der Waals surface area contributed by atoms with Crippen LogP contribution in [-0.2, 0) is 19.2 Å². The van der Waals surface area contributed by atoms with Crippen LogP contribution in [0.1, 0.15) is 20.3 Å². The number of thiol groups is 1. The van der Waals surface area contributed by atoms with Crippen molar-refractivity contribution >= 4 is 36.3 Å². The molecule has 0 aliphatic carbocycles. The number of carboxylic acid groups (broad SMARTS) is 1. The summed E-state index contributed by atoms with van der Waals surface area (Å²) in [4.78, 5) is 45.9. The molecule has 9 nitrogen and oxygen atoms in total. The number of carboxylic acids is 1. The molecule has 23 heavy (non-hydrogen) atoms. The van der Waals surface area contributed by atoms with Gasteiger partial charge < -0.3 is 26.8 Å². The second kappa shape index (κ2) is 10.8. The number of nitrogens with one attached hydrogen (secondary N) is 3. The zero-order valence-corrected chi connectivity index (χ0v) is 14.1. The average molecular weight is 348 g/mol. The number of rotatable bonds is 10. The van der Waals surface area contributed by atoms with Crippen LogP contribution in [0.4, 0.5) is 0 Å². The Bertz CT molecular complexity index is 446. The summed E-state index contributed by atoms with van der Waals surface area (Å²) in [5, 5.41) is 16.2. The third-order valence-electron chi connectivity index (χ3n) is 3.24. The number of amides is 3. The molecule has 10 heteroatoms. The van der Waals surface area contributed by atoms with Gasteiger partial charge in [0.2, 0.25) is 17.7 Å². The van der Waals surface area contributed by atoms with Gasteiger partial charge in [0.15, 0.2) is 0 Å². The molecule has 0 fully saturated rings. The average Bonchev–Trinajstić information content (AvgIpc) is 2.53. The highest BCUT2D eigenvalue weighted by molar-refractivity contribution is 7.80. The Morgan fingerprint density at radius 3 is 2.22 bits per heavy atom. The SMILES string of the molecule is CCC(C)C(NC(=O)C(CS)NC(=O)CNC(=O)CN)C(=O)O. The minimum atomic E-state index is -1.15. The summed E-state index contributed by atoms with van der Waals surface area (Å²) in [6, 6.07) is -2.06. The molecule has 0 aromatic carbocycles. The topological polar surface area (TPSA) is 151 Å². The Hall–Kier alpha value is -1.81. The van der Waals surface area contributed by atoms with Crippen molar-refractivity contribution in [3.8, 4) is 0 Å². The van der Waals surface area contributed by atoms with E-state index in [1.54, 1.807) is 6.92 Å². The zero-order chi connectivity index (χ0) is 18.0. The van der Waals surface area contributed by atoms with Gasteiger partial charge in [-0.25, -0.2) is 4.79 Å².